The summed E-state index contributed by atoms with van der Waals surface area (Å²) in [4.78, 5) is 22.6. The Hall–Kier alpha value is -2.11. The standard InChI is InChI=1S/C15H21FN2O3/c1-2-3-4-13(14(19)20)18-15(21)17-10-9-11-5-7-12(16)8-6-11/h5-8,13H,2-4,9-10H2,1H3,(H,19,20)(H2,17,18,21). The lowest BCUT2D eigenvalue weighted by Crippen LogP contribution is -2.46. The number of aliphatic carboxylic acids is 1. The Kier molecular flexibility index (Phi) is 7.21. The largest absolute Gasteiger partial charge is 0.480 e. The summed E-state index contributed by atoms with van der Waals surface area (Å²) < 4.78 is 12.7. The molecule has 0 aliphatic heterocycles. The maximum Gasteiger partial charge on any atom is 0.326 e. The number of carboxylic acids is 1. The number of carboxylic acid groups (broad SMARTS) is 1. The lowest BCUT2D eigenvalue weighted by Gasteiger charge is -2.14. The first-order valence-electron chi connectivity index (χ1n) is 7.04. The van der Waals surface area contributed by atoms with Crippen LogP contribution >= 0.6 is 0 Å². The molecule has 5 nitrogen and oxygen atoms in total. The number of carbonyl (C=O) groups excluding carboxylic acids is 1. The molecule has 116 valence electrons. The van der Waals surface area contributed by atoms with Crippen LogP contribution < -0.4 is 10.6 Å². The molecule has 1 unspecified atom stereocenters. The predicted octanol–water partition coefficient (Wildman–Crippen LogP) is 2.31. The molecule has 0 saturated carbocycles. The van der Waals surface area contributed by atoms with E-state index in [1.54, 1.807) is 12.1 Å². The lowest BCUT2D eigenvalue weighted by atomic mass is 10.1. The van der Waals surface area contributed by atoms with Gasteiger partial charge in [-0.2, -0.15) is 0 Å². The van der Waals surface area contributed by atoms with E-state index in [2.05, 4.69) is 10.6 Å². The Morgan fingerprint density at radius 2 is 1.95 bits per heavy atom. The summed E-state index contributed by atoms with van der Waals surface area (Å²) >= 11 is 0. The molecule has 0 spiro atoms. The molecule has 0 saturated heterocycles. The molecular weight excluding hydrogens is 275 g/mol. The van der Waals surface area contributed by atoms with Crippen LogP contribution in [0.1, 0.15) is 31.7 Å². The zero-order chi connectivity index (χ0) is 15.7. The molecule has 0 radical (unpaired) electrons. The SMILES string of the molecule is CCCCC(NC(=O)NCCc1ccc(F)cc1)C(=O)O. The van der Waals surface area contributed by atoms with E-state index in [0.29, 0.717) is 19.4 Å². The van der Waals surface area contributed by atoms with E-state index in [-0.39, 0.29) is 5.82 Å². The van der Waals surface area contributed by atoms with Crippen LogP contribution in [0.15, 0.2) is 24.3 Å². The lowest BCUT2D eigenvalue weighted by molar-refractivity contribution is -0.139. The van der Waals surface area contributed by atoms with E-state index in [1.165, 1.54) is 12.1 Å². The number of urea groups is 1. The van der Waals surface area contributed by atoms with Crippen LogP contribution in [0.25, 0.3) is 0 Å². The maximum absolute atomic E-state index is 12.7. The second-order valence-corrected chi connectivity index (χ2v) is 4.81. The van der Waals surface area contributed by atoms with Gasteiger partial charge in [-0.15, -0.1) is 0 Å². The predicted molar refractivity (Wildman–Crippen MR) is 77.6 cm³/mol. The molecule has 0 bridgehead atoms. The van der Waals surface area contributed by atoms with E-state index in [1.807, 2.05) is 6.92 Å². The fourth-order valence-electron chi connectivity index (χ4n) is 1.85. The zero-order valence-corrected chi connectivity index (χ0v) is 12.1. The number of benzene rings is 1. The molecule has 1 aromatic rings. The third kappa shape index (κ3) is 6.74. The van der Waals surface area contributed by atoms with Crippen molar-refractivity contribution in [3.05, 3.63) is 35.6 Å². The molecule has 3 N–H and O–H groups in total. The molecule has 1 atom stereocenters. The van der Waals surface area contributed by atoms with E-state index < -0.39 is 18.0 Å². The summed E-state index contributed by atoms with van der Waals surface area (Å²) in [6.45, 7) is 2.32. The highest BCUT2D eigenvalue weighted by Gasteiger charge is 2.18. The molecular formula is C15H21FN2O3. The summed E-state index contributed by atoms with van der Waals surface area (Å²) in [5.74, 6) is -1.33. The fraction of sp³-hybridized carbons (Fsp3) is 0.467. The Bertz CT molecular complexity index is 462. The van der Waals surface area contributed by atoms with Crippen LogP contribution in [0.4, 0.5) is 9.18 Å². The number of unbranched alkanes of at least 4 members (excludes halogenated alkanes) is 1. The van der Waals surface area contributed by atoms with Crippen molar-refractivity contribution in [2.24, 2.45) is 0 Å². The van der Waals surface area contributed by atoms with Gasteiger partial charge in [0.1, 0.15) is 11.9 Å². The van der Waals surface area contributed by atoms with Gasteiger partial charge in [0, 0.05) is 6.54 Å². The minimum atomic E-state index is -1.03. The summed E-state index contributed by atoms with van der Waals surface area (Å²) in [6.07, 6.45) is 2.59. The minimum Gasteiger partial charge on any atom is -0.480 e. The number of hydrogen-bond acceptors (Lipinski definition) is 2. The average molecular weight is 296 g/mol. The van der Waals surface area contributed by atoms with Crippen molar-refractivity contribution in [1.29, 1.82) is 0 Å². The molecule has 0 fully saturated rings. The molecule has 1 aromatic carbocycles. The van der Waals surface area contributed by atoms with Crippen molar-refractivity contribution in [2.45, 2.75) is 38.6 Å². The van der Waals surface area contributed by atoms with Gasteiger partial charge in [-0.25, -0.2) is 14.0 Å². The van der Waals surface area contributed by atoms with Gasteiger partial charge in [-0.1, -0.05) is 31.9 Å². The van der Waals surface area contributed by atoms with Crippen LogP contribution in [0.3, 0.4) is 0 Å². The normalized spacial score (nSPS) is 11.7. The quantitative estimate of drug-likeness (QED) is 0.689. The molecule has 0 aromatic heterocycles. The van der Waals surface area contributed by atoms with Crippen LogP contribution in [-0.4, -0.2) is 29.7 Å². The Morgan fingerprint density at radius 3 is 2.52 bits per heavy atom. The zero-order valence-electron chi connectivity index (χ0n) is 12.1. The second kappa shape index (κ2) is 8.94. The second-order valence-electron chi connectivity index (χ2n) is 4.81. The number of halogens is 1. The summed E-state index contributed by atoms with van der Waals surface area (Å²) in [7, 11) is 0. The smallest absolute Gasteiger partial charge is 0.326 e. The number of rotatable bonds is 8. The van der Waals surface area contributed by atoms with Crippen molar-refractivity contribution in [2.75, 3.05) is 6.54 Å². The highest BCUT2D eigenvalue weighted by atomic mass is 19.1. The van der Waals surface area contributed by atoms with Crippen molar-refractivity contribution in [1.82, 2.24) is 10.6 Å². The van der Waals surface area contributed by atoms with Crippen LogP contribution in [0.5, 0.6) is 0 Å². The summed E-state index contributed by atoms with van der Waals surface area (Å²) in [6, 6.07) is 4.66. The Morgan fingerprint density at radius 1 is 1.29 bits per heavy atom. The van der Waals surface area contributed by atoms with Crippen LogP contribution in [0.2, 0.25) is 0 Å². The first kappa shape index (κ1) is 16.9. The number of carbonyl (C=O) groups is 2. The third-order valence-corrected chi connectivity index (χ3v) is 3.06. The molecule has 0 aliphatic rings. The number of hydrogen-bond donors (Lipinski definition) is 3. The molecule has 0 heterocycles. The Balaban J connectivity index is 2.32. The molecule has 0 aliphatic carbocycles. The first-order valence-corrected chi connectivity index (χ1v) is 7.04. The van der Waals surface area contributed by atoms with E-state index in [0.717, 1.165) is 18.4 Å². The van der Waals surface area contributed by atoms with Gasteiger partial charge < -0.3 is 15.7 Å². The number of nitrogens with one attached hydrogen (secondary N) is 2. The topological polar surface area (TPSA) is 78.4 Å². The van der Waals surface area contributed by atoms with Crippen molar-refractivity contribution >= 4 is 12.0 Å². The molecule has 6 heteroatoms. The van der Waals surface area contributed by atoms with Crippen molar-refractivity contribution in [3.8, 4) is 0 Å². The summed E-state index contributed by atoms with van der Waals surface area (Å²) in [5, 5.41) is 14.0. The van der Waals surface area contributed by atoms with Crippen molar-refractivity contribution in [3.63, 3.8) is 0 Å². The van der Waals surface area contributed by atoms with Crippen molar-refractivity contribution < 1.29 is 19.1 Å². The summed E-state index contributed by atoms with van der Waals surface area (Å²) in [5.41, 5.74) is 0.900. The number of amides is 2. The first-order chi connectivity index (χ1) is 10.0. The average Bonchev–Trinajstić information content (AvgIpc) is 2.45. The van der Waals surface area contributed by atoms with Gasteiger partial charge in [-0.3, -0.25) is 0 Å². The highest BCUT2D eigenvalue weighted by Crippen LogP contribution is 2.03. The molecule has 1 rings (SSSR count). The van der Waals surface area contributed by atoms with Gasteiger partial charge in [0.15, 0.2) is 0 Å². The third-order valence-electron chi connectivity index (χ3n) is 3.06. The van der Waals surface area contributed by atoms with Gasteiger partial charge in [0.2, 0.25) is 0 Å². The molecule has 2 amide bonds. The van der Waals surface area contributed by atoms with Gasteiger partial charge in [0.25, 0.3) is 0 Å². The van der Waals surface area contributed by atoms with Crippen LogP contribution in [-0.2, 0) is 11.2 Å². The van der Waals surface area contributed by atoms with Gasteiger partial charge in [-0.05, 0) is 30.5 Å². The van der Waals surface area contributed by atoms with Gasteiger partial charge in [0.05, 0.1) is 0 Å². The highest BCUT2D eigenvalue weighted by molar-refractivity contribution is 5.82. The van der Waals surface area contributed by atoms with Gasteiger partial charge >= 0.3 is 12.0 Å². The maximum atomic E-state index is 12.7. The van der Waals surface area contributed by atoms with E-state index in [9.17, 15) is 14.0 Å². The Labute approximate surface area is 123 Å². The minimum absolute atomic E-state index is 0.301. The fourth-order valence-corrected chi connectivity index (χ4v) is 1.85. The van der Waals surface area contributed by atoms with E-state index >= 15 is 0 Å². The van der Waals surface area contributed by atoms with Crippen LogP contribution in [0, 0.1) is 5.82 Å². The monoisotopic (exact) mass is 296 g/mol. The van der Waals surface area contributed by atoms with E-state index in [4.69, 9.17) is 5.11 Å². The molecule has 21 heavy (non-hydrogen) atoms.